The average Bonchev–Trinajstić information content (AvgIpc) is 4.24. The summed E-state index contributed by atoms with van der Waals surface area (Å²) in [6.07, 6.45) is 1.72. The van der Waals surface area contributed by atoms with Gasteiger partial charge in [0.1, 0.15) is 23.3 Å². The summed E-state index contributed by atoms with van der Waals surface area (Å²) >= 11 is 3.40. The van der Waals surface area contributed by atoms with E-state index in [0.29, 0.717) is 22.7 Å². The molecule has 0 amide bonds. The highest BCUT2D eigenvalue weighted by atomic mass is 32.1. The molecule has 2 aliphatic carbocycles. The lowest BCUT2D eigenvalue weighted by atomic mass is 9.55. The Bertz CT molecular complexity index is 4080. The molecular weight excluding hydrogens is 985 g/mol. The van der Waals surface area contributed by atoms with Crippen molar-refractivity contribution in [2.24, 2.45) is 0 Å². The van der Waals surface area contributed by atoms with Crippen molar-refractivity contribution >= 4 is 97.1 Å². The maximum absolute atomic E-state index is 15.7. The Morgan fingerprint density at radius 3 is 1.12 bits per heavy atom. The van der Waals surface area contributed by atoms with E-state index in [-0.39, 0.29) is 5.41 Å². The zero-order valence-electron chi connectivity index (χ0n) is 42.1. The minimum absolute atomic E-state index is 0.344. The van der Waals surface area contributed by atoms with Gasteiger partial charge in [-0.1, -0.05) is 149 Å². The molecule has 0 bridgehead atoms. The Morgan fingerprint density at radius 2 is 0.724 bits per heavy atom. The lowest BCUT2D eigenvalue weighted by molar-refractivity contribution is 0.563. The summed E-state index contributed by atoms with van der Waals surface area (Å²) in [5.41, 5.74) is 13.7. The monoisotopic (exact) mass is 1030 g/mol. The van der Waals surface area contributed by atoms with Crippen molar-refractivity contribution in [2.45, 2.75) is 51.4 Å². The van der Waals surface area contributed by atoms with Crippen LogP contribution < -0.4 is 9.80 Å². The number of anilines is 6. The second-order valence-corrected chi connectivity index (χ2v) is 22.7. The Kier molecular flexibility index (Phi) is 10.6. The molecule has 12 aromatic rings. The summed E-state index contributed by atoms with van der Waals surface area (Å²) in [5, 5.41) is 4.41. The lowest BCUT2D eigenvalue weighted by Gasteiger charge is -2.46. The predicted octanol–water partition coefficient (Wildman–Crippen LogP) is 20.0. The van der Waals surface area contributed by atoms with Crippen LogP contribution >= 0.6 is 22.7 Å². The van der Waals surface area contributed by atoms with Crippen LogP contribution in [0.3, 0.4) is 0 Å². The predicted molar refractivity (Wildman–Crippen MR) is 310 cm³/mol. The summed E-state index contributed by atoms with van der Waals surface area (Å²) in [4.78, 5) is 3.98. The number of benzene rings is 10. The van der Waals surface area contributed by atoms with E-state index in [4.69, 9.17) is 0 Å². The van der Waals surface area contributed by atoms with Gasteiger partial charge < -0.3 is 9.80 Å². The van der Waals surface area contributed by atoms with E-state index in [9.17, 15) is 0 Å². The number of aryl methyl sites for hydroxylation is 2. The number of fused-ring (bicyclic) bond motifs is 15. The highest BCUT2D eigenvalue weighted by Gasteiger charge is 2.53. The van der Waals surface area contributed by atoms with E-state index in [1.807, 2.05) is 34.1 Å². The molecule has 2 aromatic heterocycles. The number of nitrogens with zero attached hydrogens (tertiary/aromatic N) is 2. The first-order valence-corrected chi connectivity index (χ1v) is 27.5. The minimum atomic E-state index is -0.805. The van der Waals surface area contributed by atoms with Crippen LogP contribution in [0.25, 0.3) is 51.5 Å². The van der Waals surface area contributed by atoms with Crippen LogP contribution in [0.4, 0.5) is 51.7 Å². The third-order valence-electron chi connectivity index (χ3n) is 16.3. The maximum Gasteiger partial charge on any atom is 0.128 e. The average molecular weight is 1030 g/mol. The van der Waals surface area contributed by atoms with Crippen molar-refractivity contribution in [2.75, 3.05) is 9.80 Å². The van der Waals surface area contributed by atoms with Crippen molar-refractivity contribution in [3.05, 3.63) is 262 Å². The van der Waals surface area contributed by atoms with Gasteiger partial charge in [-0.2, -0.15) is 0 Å². The van der Waals surface area contributed by atoms with Gasteiger partial charge in [0.2, 0.25) is 0 Å². The van der Waals surface area contributed by atoms with Crippen molar-refractivity contribution < 1.29 is 17.6 Å². The summed E-state index contributed by atoms with van der Waals surface area (Å²) in [5.74, 6) is -2.73. The van der Waals surface area contributed by atoms with Gasteiger partial charge in [-0.15, -0.1) is 22.7 Å². The molecule has 0 N–H and O–H groups in total. The van der Waals surface area contributed by atoms with Crippen LogP contribution in [0.1, 0.15) is 72.2 Å². The Hall–Kier alpha value is -8.04. The van der Waals surface area contributed by atoms with Gasteiger partial charge in [-0.3, -0.25) is 0 Å². The summed E-state index contributed by atoms with van der Waals surface area (Å²) in [6.45, 7) is 8.91. The second-order valence-electron chi connectivity index (χ2n) is 20.7. The van der Waals surface area contributed by atoms with Gasteiger partial charge in [0.05, 0.1) is 37.6 Å². The molecule has 2 heterocycles. The smallest absolute Gasteiger partial charge is 0.128 e. The molecule has 0 atom stereocenters. The fourth-order valence-corrected chi connectivity index (χ4v) is 15.8. The van der Waals surface area contributed by atoms with E-state index in [0.717, 1.165) is 101 Å². The van der Waals surface area contributed by atoms with Crippen LogP contribution in [-0.2, 0) is 23.7 Å². The molecule has 2 aliphatic rings. The molecule has 0 fully saturated rings. The van der Waals surface area contributed by atoms with Crippen LogP contribution in [0, 0.1) is 23.3 Å². The molecule has 0 radical (unpaired) electrons. The largest absolute Gasteiger partial charge is 0.309 e. The van der Waals surface area contributed by atoms with Crippen LogP contribution in [0.15, 0.2) is 194 Å². The first kappa shape index (κ1) is 46.5. The summed E-state index contributed by atoms with van der Waals surface area (Å²) < 4.78 is 67.3. The molecule has 0 aliphatic heterocycles. The fourth-order valence-electron chi connectivity index (χ4n) is 13.0. The molecule has 1 spiro atoms. The van der Waals surface area contributed by atoms with Crippen molar-refractivity contribution in [1.82, 2.24) is 0 Å². The SMILES string of the molecule is CCc1cccc2c1sc1c(N(c3cc(F)cc(F)c3)c3ccc4c(c3)-c3cc(N(c5cc(F)cc(F)c5)c5cccc6c5sc5c(CC)cccc56)ccc3C43c4ccccc4C(C)(C)c4ccccc43)cccc12. The van der Waals surface area contributed by atoms with Crippen molar-refractivity contribution in [3.8, 4) is 11.1 Å². The standard InChI is InChI=1S/C68H48F4N2S2/c1-5-39-15-11-17-49-51-19-13-25-61(65(51)75-63(39)49)73(47-33-41(69)31-42(70)34-47)45-27-29-55-53(37-45)54-38-46(28-30-56(54)68(55)59-23-9-7-21-57(59)67(3,4)58-22-8-10-24-60(58)68)74(48-35-43(71)32-44(72)36-48)62-26-14-20-52-50-18-12-16-40(6-2)64(50)76-66(52)62/h7-38H,5-6H2,1-4H3. The third kappa shape index (κ3) is 6.69. The van der Waals surface area contributed by atoms with Gasteiger partial charge in [0.15, 0.2) is 0 Å². The number of rotatable bonds is 8. The zero-order chi connectivity index (χ0) is 51.8. The minimum Gasteiger partial charge on any atom is -0.309 e. The topological polar surface area (TPSA) is 6.48 Å². The first-order valence-electron chi connectivity index (χ1n) is 25.9. The molecule has 0 saturated heterocycles. The van der Waals surface area contributed by atoms with E-state index in [1.165, 1.54) is 55.9 Å². The Morgan fingerprint density at radius 1 is 0.355 bits per heavy atom. The Labute approximate surface area is 446 Å². The van der Waals surface area contributed by atoms with Crippen LogP contribution in [-0.4, -0.2) is 0 Å². The van der Waals surface area contributed by atoms with E-state index in [1.54, 1.807) is 22.7 Å². The first-order chi connectivity index (χ1) is 37.0. The van der Waals surface area contributed by atoms with Gasteiger partial charge in [0, 0.05) is 59.9 Å². The number of halogens is 4. The highest BCUT2D eigenvalue weighted by molar-refractivity contribution is 7.27. The van der Waals surface area contributed by atoms with Gasteiger partial charge in [-0.25, -0.2) is 17.6 Å². The van der Waals surface area contributed by atoms with Gasteiger partial charge in [-0.05, 0) is 129 Å². The van der Waals surface area contributed by atoms with E-state index in [2.05, 4.69) is 161 Å². The third-order valence-corrected chi connectivity index (χ3v) is 18.9. The molecular formula is C68H48F4N2S2. The number of hydrogen-bond donors (Lipinski definition) is 0. The number of hydrogen-bond acceptors (Lipinski definition) is 4. The highest BCUT2D eigenvalue weighted by Crippen LogP contribution is 2.64. The molecule has 370 valence electrons. The normalized spacial score (nSPS) is 13.8. The maximum atomic E-state index is 15.7. The molecule has 2 nitrogen and oxygen atoms in total. The molecule has 0 saturated carbocycles. The molecule has 10 aromatic carbocycles. The zero-order valence-corrected chi connectivity index (χ0v) is 43.7. The lowest BCUT2D eigenvalue weighted by Crippen LogP contribution is -2.40. The second kappa shape index (κ2) is 17.2. The summed E-state index contributed by atoms with van der Waals surface area (Å²) in [6, 6.07) is 63.1. The Balaban J connectivity index is 1.08. The molecule has 8 heteroatoms. The quantitative estimate of drug-likeness (QED) is 0.140. The molecule has 14 rings (SSSR count). The molecule has 0 unspecified atom stereocenters. The van der Waals surface area contributed by atoms with Crippen LogP contribution in [0.2, 0.25) is 0 Å². The van der Waals surface area contributed by atoms with Gasteiger partial charge >= 0.3 is 0 Å². The van der Waals surface area contributed by atoms with E-state index < -0.39 is 28.7 Å². The number of thiophene rings is 2. The fraction of sp³-hybridized carbons (Fsp3) is 0.118. The van der Waals surface area contributed by atoms with E-state index >= 15 is 17.6 Å². The van der Waals surface area contributed by atoms with Gasteiger partial charge in [0.25, 0.3) is 0 Å². The molecule has 76 heavy (non-hydrogen) atoms. The summed E-state index contributed by atoms with van der Waals surface area (Å²) in [7, 11) is 0. The van der Waals surface area contributed by atoms with Crippen LogP contribution in [0.5, 0.6) is 0 Å². The van der Waals surface area contributed by atoms with Crippen molar-refractivity contribution in [1.29, 1.82) is 0 Å². The van der Waals surface area contributed by atoms with Crippen molar-refractivity contribution in [3.63, 3.8) is 0 Å².